The van der Waals surface area contributed by atoms with Crippen LogP contribution < -0.4 is 21.3 Å². The Balaban J connectivity index is 2.59. The van der Waals surface area contributed by atoms with Gasteiger partial charge in [-0.2, -0.15) is 0 Å². The van der Waals surface area contributed by atoms with Gasteiger partial charge in [-0.3, -0.25) is 38.4 Å². The summed E-state index contributed by atoms with van der Waals surface area (Å²) in [6, 6.07) is 0. The molecule has 0 aromatic rings. The molecule has 0 aromatic heterocycles. The van der Waals surface area contributed by atoms with Crippen molar-refractivity contribution in [3.05, 3.63) is 0 Å². The van der Waals surface area contributed by atoms with Gasteiger partial charge < -0.3 is 40.2 Å². The van der Waals surface area contributed by atoms with E-state index in [1.54, 1.807) is 0 Å². The zero-order valence-corrected chi connectivity index (χ0v) is 16.6. The maximum atomic E-state index is 11.5. The highest BCUT2D eigenvalue weighted by Crippen LogP contribution is 1.85. The van der Waals surface area contributed by atoms with Gasteiger partial charge >= 0.3 is 23.9 Å². The summed E-state index contributed by atoms with van der Waals surface area (Å²) in [4.78, 5) is 91.9. The first-order valence-electron chi connectivity index (χ1n) is 8.85. The highest BCUT2D eigenvalue weighted by Gasteiger charge is 2.15. The Morgan fingerprint density at radius 2 is 0.562 bits per heavy atom. The van der Waals surface area contributed by atoms with E-state index < -0.39 is 100 Å². The Kier molecular flexibility index (Phi) is 11.2. The predicted molar refractivity (Wildman–Crippen MR) is 95.9 cm³/mol. The molecule has 1 saturated heterocycles. The van der Waals surface area contributed by atoms with Crippen LogP contribution in [0, 0.1) is 0 Å². The van der Waals surface area contributed by atoms with Crippen LogP contribution in [0.25, 0.3) is 0 Å². The van der Waals surface area contributed by atoms with Gasteiger partial charge in [-0.15, -0.1) is 0 Å². The number of carbonyl (C=O) groups excluding carboxylic acids is 8. The summed E-state index contributed by atoms with van der Waals surface area (Å²) < 4.78 is 18.2. The number of esters is 4. The molecule has 1 rings (SSSR count). The molecular weight excluding hydrogens is 440 g/mol. The van der Waals surface area contributed by atoms with E-state index in [1.807, 2.05) is 0 Å². The molecule has 0 radical (unpaired) electrons. The number of cyclic esters (lactones) is 4. The lowest BCUT2D eigenvalue weighted by Crippen LogP contribution is -2.39. The lowest BCUT2D eigenvalue weighted by molar-refractivity contribution is -0.152. The molecule has 0 atom stereocenters. The fraction of sp³-hybridized carbons (Fsp3) is 0.500. The molecule has 1 heterocycles. The van der Waals surface area contributed by atoms with E-state index in [9.17, 15) is 38.4 Å². The van der Waals surface area contributed by atoms with Crippen LogP contribution in [0.1, 0.15) is 0 Å². The molecule has 1 aliphatic heterocycles. The standard InChI is InChI=1S/C16H20N4O12/c21-9-5-30-14(26)2-19-11(23)7-32-16(28)4-20-12(24)8-31-15(27)3-18-10(22)6-29-13(25)1-17-9/h1-8H2,(H,17,21)(H,18,22)(H,19,23)(H,20,24). The summed E-state index contributed by atoms with van der Waals surface area (Å²) in [7, 11) is 0. The van der Waals surface area contributed by atoms with Crippen molar-refractivity contribution in [1.82, 2.24) is 21.3 Å². The van der Waals surface area contributed by atoms with E-state index in [0.717, 1.165) is 0 Å². The quantitative estimate of drug-likeness (QED) is 0.196. The Bertz CT molecular complexity index is 541. The van der Waals surface area contributed by atoms with Crippen LogP contribution in [0.15, 0.2) is 0 Å². The van der Waals surface area contributed by atoms with Crippen molar-refractivity contribution < 1.29 is 57.3 Å². The Morgan fingerprint density at radius 1 is 0.375 bits per heavy atom. The van der Waals surface area contributed by atoms with E-state index in [0.29, 0.717) is 0 Å². The van der Waals surface area contributed by atoms with Crippen LogP contribution in [-0.2, 0) is 57.3 Å². The Hall–Kier alpha value is -4.24. The Labute approximate surface area is 179 Å². The number of amides is 4. The highest BCUT2D eigenvalue weighted by atomic mass is 16.6. The van der Waals surface area contributed by atoms with Crippen LogP contribution in [-0.4, -0.2) is 100 Å². The van der Waals surface area contributed by atoms with Crippen molar-refractivity contribution in [2.75, 3.05) is 52.6 Å². The number of hydrogen-bond acceptors (Lipinski definition) is 12. The number of hydrogen-bond donors (Lipinski definition) is 4. The first-order chi connectivity index (χ1) is 15.2. The molecule has 0 aliphatic carbocycles. The monoisotopic (exact) mass is 460 g/mol. The second-order valence-electron chi connectivity index (χ2n) is 5.75. The molecule has 4 amide bonds. The number of ether oxygens (including phenoxy) is 4. The molecule has 1 fully saturated rings. The maximum Gasteiger partial charge on any atom is 0.325 e. The van der Waals surface area contributed by atoms with Crippen molar-refractivity contribution >= 4 is 47.5 Å². The van der Waals surface area contributed by atoms with Gasteiger partial charge in [0, 0.05) is 0 Å². The van der Waals surface area contributed by atoms with Crippen LogP contribution in [0.4, 0.5) is 0 Å². The summed E-state index contributed by atoms with van der Waals surface area (Å²) >= 11 is 0. The molecule has 0 aromatic carbocycles. The fourth-order valence-corrected chi connectivity index (χ4v) is 1.68. The van der Waals surface area contributed by atoms with Gasteiger partial charge in [0.1, 0.15) is 26.2 Å². The smallest absolute Gasteiger partial charge is 0.325 e. The average Bonchev–Trinajstić information content (AvgIpc) is 2.77. The van der Waals surface area contributed by atoms with Crippen molar-refractivity contribution in [3.63, 3.8) is 0 Å². The van der Waals surface area contributed by atoms with Gasteiger partial charge in [-0.1, -0.05) is 0 Å². The van der Waals surface area contributed by atoms with Gasteiger partial charge in [-0.05, 0) is 0 Å². The van der Waals surface area contributed by atoms with Gasteiger partial charge in [0.2, 0.25) is 0 Å². The average molecular weight is 460 g/mol. The molecule has 0 saturated carbocycles. The molecule has 16 heteroatoms. The zero-order valence-electron chi connectivity index (χ0n) is 16.6. The van der Waals surface area contributed by atoms with Crippen molar-refractivity contribution in [3.8, 4) is 0 Å². The number of nitrogens with one attached hydrogen (secondary N) is 4. The lowest BCUT2D eigenvalue weighted by atomic mass is 10.5. The maximum absolute atomic E-state index is 11.5. The lowest BCUT2D eigenvalue weighted by Gasteiger charge is -2.10. The molecular formula is C16H20N4O12. The summed E-state index contributed by atoms with van der Waals surface area (Å²) in [6.45, 7) is -5.60. The largest absolute Gasteiger partial charge is 0.454 e. The van der Waals surface area contributed by atoms with Crippen LogP contribution in [0.2, 0.25) is 0 Å². The van der Waals surface area contributed by atoms with Crippen LogP contribution >= 0.6 is 0 Å². The second kappa shape index (κ2) is 13.9. The number of carbonyl (C=O) groups is 8. The molecule has 1 aliphatic rings. The third-order valence-corrected chi connectivity index (χ3v) is 3.18. The van der Waals surface area contributed by atoms with Crippen LogP contribution in [0.5, 0.6) is 0 Å². The van der Waals surface area contributed by atoms with Crippen molar-refractivity contribution in [2.45, 2.75) is 0 Å². The fourth-order valence-electron chi connectivity index (χ4n) is 1.68. The minimum absolute atomic E-state index is 0.636. The van der Waals surface area contributed by atoms with Gasteiger partial charge in [0.05, 0.1) is 0 Å². The minimum atomic E-state index is -0.990. The third kappa shape index (κ3) is 12.3. The molecule has 16 nitrogen and oxygen atoms in total. The van der Waals surface area contributed by atoms with E-state index in [1.165, 1.54) is 0 Å². The predicted octanol–water partition coefficient (Wildman–Crippen LogP) is -5.36. The number of rotatable bonds is 0. The molecule has 176 valence electrons. The van der Waals surface area contributed by atoms with Gasteiger partial charge in [0.15, 0.2) is 26.4 Å². The summed E-state index contributed by atoms with van der Waals surface area (Å²) in [6.07, 6.45) is 0. The molecule has 0 bridgehead atoms. The molecule has 32 heavy (non-hydrogen) atoms. The van der Waals surface area contributed by atoms with E-state index in [4.69, 9.17) is 0 Å². The SMILES string of the molecule is O=C1COC(=O)CNC(=O)COC(=O)CNC(=O)COC(=O)CNC(=O)COC(=O)CN1. The van der Waals surface area contributed by atoms with Crippen LogP contribution in [0.3, 0.4) is 0 Å². The van der Waals surface area contributed by atoms with Crippen molar-refractivity contribution in [1.29, 1.82) is 0 Å². The third-order valence-electron chi connectivity index (χ3n) is 3.18. The topological polar surface area (TPSA) is 222 Å². The van der Waals surface area contributed by atoms with Gasteiger partial charge in [0.25, 0.3) is 23.6 Å². The van der Waals surface area contributed by atoms with E-state index >= 15 is 0 Å². The van der Waals surface area contributed by atoms with E-state index in [-0.39, 0.29) is 0 Å². The highest BCUT2D eigenvalue weighted by molar-refractivity contribution is 5.89. The molecule has 0 spiro atoms. The zero-order chi connectivity index (χ0) is 23.9. The second-order valence-corrected chi connectivity index (χ2v) is 5.75. The molecule has 0 unspecified atom stereocenters. The first-order valence-corrected chi connectivity index (χ1v) is 8.85. The molecule has 4 N–H and O–H groups in total. The summed E-state index contributed by atoms with van der Waals surface area (Å²) in [5.41, 5.74) is 0. The normalized spacial score (nSPS) is 19.5. The minimum Gasteiger partial charge on any atom is -0.454 e. The summed E-state index contributed by atoms with van der Waals surface area (Å²) in [5.74, 6) is -7.41. The first kappa shape index (κ1) is 25.8. The van der Waals surface area contributed by atoms with Crippen molar-refractivity contribution in [2.24, 2.45) is 0 Å². The van der Waals surface area contributed by atoms with Gasteiger partial charge in [-0.25, -0.2) is 0 Å². The Morgan fingerprint density at radius 3 is 0.750 bits per heavy atom. The summed E-state index contributed by atoms with van der Waals surface area (Å²) in [5, 5.41) is 8.26. The van der Waals surface area contributed by atoms with E-state index in [2.05, 4.69) is 40.2 Å².